The van der Waals surface area contributed by atoms with Gasteiger partial charge in [0.1, 0.15) is 12.4 Å². The maximum Gasteiger partial charge on any atom is 0.326 e. The molecule has 1 N–H and O–H groups in total. The molecule has 2 aromatic heterocycles. The molecule has 4 aromatic rings. The van der Waals surface area contributed by atoms with E-state index in [1.165, 1.54) is 18.2 Å². The lowest BCUT2D eigenvalue weighted by Gasteiger charge is -2.24. The van der Waals surface area contributed by atoms with Crippen molar-refractivity contribution in [1.29, 1.82) is 0 Å². The Morgan fingerprint density at radius 3 is 2.54 bits per heavy atom. The number of carbonyl (C=O) groups excluding carboxylic acids is 2. The van der Waals surface area contributed by atoms with Crippen LogP contribution < -0.4 is 9.62 Å². The summed E-state index contributed by atoms with van der Waals surface area (Å²) in [5, 5.41) is 3.96. The highest BCUT2D eigenvalue weighted by atomic mass is 35.5. The predicted octanol–water partition coefficient (Wildman–Crippen LogP) is 5.76. The molecule has 2 aromatic carbocycles. The lowest BCUT2D eigenvalue weighted by Crippen LogP contribution is -2.36. The number of fused-ring (bicyclic) bond motifs is 1. The van der Waals surface area contributed by atoms with E-state index in [0.717, 1.165) is 29.1 Å². The summed E-state index contributed by atoms with van der Waals surface area (Å²) < 4.78 is 35.7. The van der Waals surface area contributed by atoms with E-state index in [1.54, 1.807) is 48.8 Å². The van der Waals surface area contributed by atoms with Gasteiger partial charge in [0.05, 0.1) is 22.7 Å². The number of benzene rings is 2. The lowest BCUT2D eigenvalue weighted by atomic mass is 10.2. The molecule has 0 spiro atoms. The number of esters is 1. The van der Waals surface area contributed by atoms with E-state index in [0.29, 0.717) is 23.2 Å². The van der Waals surface area contributed by atoms with Crippen LogP contribution in [0.1, 0.15) is 43.0 Å². The Balaban J connectivity index is 1.50. The fourth-order valence-electron chi connectivity index (χ4n) is 4.29. The minimum Gasteiger partial charge on any atom is -0.464 e. The molecule has 41 heavy (non-hydrogen) atoms. The number of anilines is 1. The summed E-state index contributed by atoms with van der Waals surface area (Å²) in [6.07, 6.45) is 6.83. The van der Waals surface area contributed by atoms with Crippen molar-refractivity contribution in [3.63, 3.8) is 0 Å². The first kappa shape index (κ1) is 28.9. The molecule has 214 valence electrons. The molecule has 0 atom stereocenters. The van der Waals surface area contributed by atoms with Crippen LogP contribution in [0.5, 0.6) is 0 Å². The molecule has 1 fully saturated rings. The van der Waals surface area contributed by atoms with Gasteiger partial charge in [-0.2, -0.15) is 0 Å². The van der Waals surface area contributed by atoms with Gasteiger partial charge in [-0.25, -0.2) is 13.4 Å². The fourth-order valence-corrected chi connectivity index (χ4v) is 6.41. The van der Waals surface area contributed by atoms with Gasteiger partial charge >= 0.3 is 5.97 Å². The van der Waals surface area contributed by atoms with E-state index in [4.69, 9.17) is 27.9 Å². The van der Waals surface area contributed by atoms with Gasteiger partial charge in [-0.1, -0.05) is 36.5 Å². The summed E-state index contributed by atoms with van der Waals surface area (Å²) in [6, 6.07) is 14.4. The van der Waals surface area contributed by atoms with Crippen molar-refractivity contribution in [2.75, 3.05) is 17.5 Å². The van der Waals surface area contributed by atoms with Crippen LogP contribution in [-0.4, -0.2) is 49.0 Å². The molecule has 1 saturated carbocycles. The summed E-state index contributed by atoms with van der Waals surface area (Å²) in [7, 11) is -4.26. The van der Waals surface area contributed by atoms with E-state index >= 15 is 0 Å². The van der Waals surface area contributed by atoms with Crippen molar-refractivity contribution < 1.29 is 22.7 Å². The molecule has 0 unspecified atom stereocenters. The number of hydrogen-bond donors (Lipinski definition) is 1. The maximum atomic E-state index is 13.8. The Labute approximate surface area is 248 Å². The van der Waals surface area contributed by atoms with Crippen LogP contribution in [0, 0.1) is 0 Å². The van der Waals surface area contributed by atoms with Gasteiger partial charge in [0.15, 0.2) is 0 Å². The SMILES string of the molecule is CCCCOC(=O)CN(c1ccc2c(ccn2-c2cc(C(=O)NC3CC3)ccn2)c1)S(=O)(=O)c1cc(Cl)cc(Cl)c1. The van der Waals surface area contributed by atoms with Crippen molar-refractivity contribution >= 4 is 61.7 Å². The molecule has 5 rings (SSSR count). The standard InChI is InChI=1S/C29H28Cl2N4O5S/c1-2-3-12-40-28(36)18-35(41(38,39)25-16-21(30)15-22(31)17-25)24-6-7-26-19(13-24)9-11-34(26)27-14-20(8-10-32-27)29(37)33-23-4-5-23/h6-11,13-17,23H,2-5,12,18H2,1H3,(H,33,37). The summed E-state index contributed by atoms with van der Waals surface area (Å²) >= 11 is 12.2. The number of ether oxygens (including phenoxy) is 1. The van der Waals surface area contributed by atoms with Crippen molar-refractivity contribution in [2.24, 2.45) is 0 Å². The number of sulfonamides is 1. The van der Waals surface area contributed by atoms with E-state index in [-0.39, 0.29) is 39.2 Å². The minimum absolute atomic E-state index is 0.148. The van der Waals surface area contributed by atoms with Gasteiger partial charge < -0.3 is 14.6 Å². The maximum absolute atomic E-state index is 13.8. The first-order valence-electron chi connectivity index (χ1n) is 13.2. The van der Waals surface area contributed by atoms with Gasteiger partial charge in [-0.15, -0.1) is 0 Å². The number of carbonyl (C=O) groups is 2. The number of nitrogens with zero attached hydrogens (tertiary/aromatic N) is 3. The molecule has 1 aliphatic rings. The van der Waals surface area contributed by atoms with Crippen molar-refractivity contribution in [1.82, 2.24) is 14.9 Å². The molecular weight excluding hydrogens is 587 g/mol. The predicted molar refractivity (Wildman–Crippen MR) is 158 cm³/mol. The Kier molecular flexibility index (Phi) is 8.53. The quantitative estimate of drug-likeness (QED) is 0.170. The van der Waals surface area contributed by atoms with Crippen LogP contribution in [-0.2, 0) is 19.6 Å². The molecule has 2 heterocycles. The monoisotopic (exact) mass is 614 g/mol. The molecular formula is C29H28Cl2N4O5S. The zero-order valence-electron chi connectivity index (χ0n) is 22.2. The number of amides is 1. The average Bonchev–Trinajstić information content (AvgIpc) is 3.66. The number of hydrogen-bond acceptors (Lipinski definition) is 6. The number of aromatic nitrogens is 2. The van der Waals surface area contributed by atoms with Crippen LogP contribution in [0.15, 0.2) is 71.9 Å². The first-order valence-corrected chi connectivity index (χ1v) is 15.4. The van der Waals surface area contributed by atoms with E-state index < -0.39 is 22.5 Å². The Morgan fingerprint density at radius 2 is 1.83 bits per heavy atom. The van der Waals surface area contributed by atoms with Gasteiger partial charge in [0, 0.05) is 39.4 Å². The number of halogens is 2. The zero-order valence-corrected chi connectivity index (χ0v) is 24.5. The van der Waals surface area contributed by atoms with Crippen molar-refractivity contribution in [3.05, 3.63) is 82.6 Å². The Morgan fingerprint density at radius 1 is 1.07 bits per heavy atom. The van der Waals surface area contributed by atoms with Crippen LogP contribution in [0.25, 0.3) is 16.7 Å². The van der Waals surface area contributed by atoms with Gasteiger partial charge in [-0.05, 0) is 73.9 Å². The van der Waals surface area contributed by atoms with Crippen LogP contribution >= 0.6 is 23.2 Å². The van der Waals surface area contributed by atoms with Gasteiger partial charge in [-0.3, -0.25) is 13.9 Å². The van der Waals surface area contributed by atoms with Crippen molar-refractivity contribution in [3.8, 4) is 5.82 Å². The number of nitrogens with one attached hydrogen (secondary N) is 1. The summed E-state index contributed by atoms with van der Waals surface area (Å²) in [5.74, 6) is -0.297. The molecule has 0 aliphatic heterocycles. The topological polar surface area (TPSA) is 111 Å². The largest absolute Gasteiger partial charge is 0.464 e. The van der Waals surface area contributed by atoms with E-state index in [2.05, 4.69) is 10.3 Å². The third-order valence-corrected chi connectivity index (χ3v) is 8.77. The fraction of sp³-hybridized carbons (Fsp3) is 0.276. The van der Waals surface area contributed by atoms with E-state index in [9.17, 15) is 18.0 Å². The van der Waals surface area contributed by atoms with Gasteiger partial charge in [0.25, 0.3) is 15.9 Å². The molecule has 9 nitrogen and oxygen atoms in total. The van der Waals surface area contributed by atoms with Crippen LogP contribution in [0.3, 0.4) is 0 Å². The van der Waals surface area contributed by atoms with Crippen LogP contribution in [0.2, 0.25) is 10.0 Å². The Bertz CT molecular complexity index is 1700. The van der Waals surface area contributed by atoms with E-state index in [1.807, 2.05) is 11.5 Å². The second kappa shape index (κ2) is 12.1. The number of pyridine rings is 1. The minimum atomic E-state index is -4.26. The molecule has 0 bridgehead atoms. The molecule has 0 radical (unpaired) electrons. The molecule has 12 heteroatoms. The highest BCUT2D eigenvalue weighted by Gasteiger charge is 2.29. The molecule has 1 aliphatic carbocycles. The summed E-state index contributed by atoms with van der Waals surface area (Å²) in [5.41, 5.74) is 1.48. The molecule has 0 saturated heterocycles. The van der Waals surface area contributed by atoms with Crippen molar-refractivity contribution in [2.45, 2.75) is 43.5 Å². The first-order chi connectivity index (χ1) is 19.7. The number of unbranched alkanes of at least 4 members (excludes halogenated alkanes) is 1. The smallest absolute Gasteiger partial charge is 0.326 e. The zero-order chi connectivity index (χ0) is 29.1. The number of rotatable bonds is 11. The summed E-state index contributed by atoms with van der Waals surface area (Å²) in [6.45, 7) is 1.62. The third kappa shape index (κ3) is 6.66. The average molecular weight is 616 g/mol. The third-order valence-electron chi connectivity index (χ3n) is 6.59. The second-order valence-electron chi connectivity index (χ2n) is 9.77. The summed E-state index contributed by atoms with van der Waals surface area (Å²) in [4.78, 5) is 29.5. The highest BCUT2D eigenvalue weighted by molar-refractivity contribution is 7.92. The molecule has 1 amide bonds. The Hall–Kier alpha value is -3.60. The van der Waals surface area contributed by atoms with Gasteiger partial charge in [0.2, 0.25) is 0 Å². The van der Waals surface area contributed by atoms with Crippen LogP contribution in [0.4, 0.5) is 5.69 Å². The lowest BCUT2D eigenvalue weighted by molar-refractivity contribution is -0.141. The second-order valence-corrected chi connectivity index (χ2v) is 12.5. The highest BCUT2D eigenvalue weighted by Crippen LogP contribution is 2.31. The normalized spacial score (nSPS) is 13.2.